The lowest BCUT2D eigenvalue weighted by atomic mass is 9.99. The number of rotatable bonds is 12. The smallest absolute Gasteiger partial charge is 0.240 e. The molecule has 6 nitrogen and oxygen atoms in total. The van der Waals surface area contributed by atoms with Gasteiger partial charge in [0.05, 0.1) is 23.4 Å². The number of hydrogen-bond donors (Lipinski definition) is 2. The number of aromatic nitrogens is 2. The summed E-state index contributed by atoms with van der Waals surface area (Å²) in [4.78, 5) is 0.268. The van der Waals surface area contributed by atoms with Crippen molar-refractivity contribution in [3.8, 4) is 28.3 Å². The molecule has 0 bridgehead atoms. The molecule has 0 atom stereocenters. The number of methoxy groups -OCH3 is 1. The van der Waals surface area contributed by atoms with Crippen molar-refractivity contribution in [1.82, 2.24) is 14.9 Å². The van der Waals surface area contributed by atoms with E-state index in [1.54, 1.807) is 19.2 Å². The zero-order valence-electron chi connectivity index (χ0n) is 21.1. The number of sulfonamides is 1. The van der Waals surface area contributed by atoms with Gasteiger partial charge in [-0.3, -0.25) is 5.10 Å². The van der Waals surface area contributed by atoms with E-state index in [0.29, 0.717) is 11.4 Å². The molecule has 0 aliphatic rings. The molecular weight excluding hydrogens is 506 g/mol. The first-order chi connectivity index (χ1) is 17.9. The Labute approximate surface area is 224 Å². The van der Waals surface area contributed by atoms with Crippen molar-refractivity contribution in [2.24, 2.45) is 0 Å². The van der Waals surface area contributed by atoms with Crippen LogP contribution in [-0.2, 0) is 22.9 Å². The highest BCUT2D eigenvalue weighted by Crippen LogP contribution is 2.32. The molecule has 0 amide bonds. The third kappa shape index (κ3) is 6.80. The number of benzene rings is 3. The zero-order valence-corrected chi connectivity index (χ0v) is 22.7. The summed E-state index contributed by atoms with van der Waals surface area (Å²) in [5, 5.41) is 8.32. The van der Waals surface area contributed by atoms with Crippen LogP contribution < -0.4 is 9.46 Å². The number of hydrogen-bond acceptors (Lipinski definition) is 4. The summed E-state index contributed by atoms with van der Waals surface area (Å²) < 4.78 is 34.0. The minimum Gasteiger partial charge on any atom is -0.497 e. The summed E-state index contributed by atoms with van der Waals surface area (Å²) in [5.74, 6) is 0.754. The predicted molar refractivity (Wildman–Crippen MR) is 150 cm³/mol. The van der Waals surface area contributed by atoms with Crippen LogP contribution in [0.3, 0.4) is 0 Å². The second-order valence-electron chi connectivity index (χ2n) is 8.91. The molecule has 4 rings (SSSR count). The van der Waals surface area contributed by atoms with E-state index >= 15 is 0 Å². The highest BCUT2D eigenvalue weighted by atomic mass is 35.5. The van der Waals surface area contributed by atoms with Crippen molar-refractivity contribution in [2.45, 2.75) is 43.9 Å². The van der Waals surface area contributed by atoms with Crippen molar-refractivity contribution in [3.05, 3.63) is 88.9 Å². The van der Waals surface area contributed by atoms with Crippen molar-refractivity contribution in [3.63, 3.8) is 0 Å². The minimum atomic E-state index is -3.64. The Morgan fingerprint density at radius 2 is 1.70 bits per heavy atom. The lowest BCUT2D eigenvalue weighted by Crippen LogP contribution is -2.26. The average Bonchev–Trinajstić information content (AvgIpc) is 3.33. The third-order valence-corrected chi connectivity index (χ3v) is 8.03. The Kier molecular flexibility index (Phi) is 9.03. The first-order valence-corrected chi connectivity index (χ1v) is 14.3. The van der Waals surface area contributed by atoms with E-state index in [1.165, 1.54) is 6.42 Å². The Morgan fingerprint density at radius 1 is 0.946 bits per heavy atom. The molecule has 8 heteroatoms. The Hall–Kier alpha value is -3.13. The van der Waals surface area contributed by atoms with Crippen molar-refractivity contribution in [2.75, 3.05) is 13.7 Å². The van der Waals surface area contributed by atoms with Crippen molar-refractivity contribution < 1.29 is 13.2 Å². The van der Waals surface area contributed by atoms with Gasteiger partial charge in [0.15, 0.2) is 0 Å². The predicted octanol–water partition coefficient (Wildman–Crippen LogP) is 6.66. The fourth-order valence-electron chi connectivity index (χ4n) is 4.29. The van der Waals surface area contributed by atoms with Crippen molar-refractivity contribution >= 4 is 21.6 Å². The van der Waals surface area contributed by atoms with Crippen LogP contribution in [-0.4, -0.2) is 32.3 Å². The summed E-state index contributed by atoms with van der Waals surface area (Å²) in [6, 6.07) is 22.3. The highest BCUT2D eigenvalue weighted by molar-refractivity contribution is 7.89. The highest BCUT2D eigenvalue weighted by Gasteiger charge is 2.19. The van der Waals surface area contributed by atoms with E-state index in [0.717, 1.165) is 58.7 Å². The van der Waals surface area contributed by atoms with Crippen LogP contribution in [0.1, 0.15) is 37.3 Å². The second kappa shape index (κ2) is 12.4. The molecule has 0 aliphatic carbocycles. The number of aromatic amines is 1. The van der Waals surface area contributed by atoms with Gasteiger partial charge < -0.3 is 4.74 Å². The molecule has 194 valence electrons. The molecular formula is C29H32ClN3O3S. The van der Waals surface area contributed by atoms with Crippen LogP contribution in [0.5, 0.6) is 5.75 Å². The number of nitrogens with one attached hydrogen (secondary N) is 2. The minimum absolute atomic E-state index is 0.219. The second-order valence-corrected chi connectivity index (χ2v) is 11.1. The molecule has 0 saturated carbocycles. The maximum absolute atomic E-state index is 13.0. The van der Waals surface area contributed by atoms with E-state index in [-0.39, 0.29) is 11.4 Å². The Bertz CT molecular complexity index is 1420. The number of unbranched alkanes of at least 4 members (excludes halogenated alkanes) is 2. The summed E-state index contributed by atoms with van der Waals surface area (Å²) in [7, 11) is -2.02. The fraction of sp³-hybridized carbons (Fsp3) is 0.276. The summed E-state index contributed by atoms with van der Waals surface area (Å²) >= 11 is 6.24. The van der Waals surface area contributed by atoms with E-state index < -0.39 is 10.0 Å². The molecule has 0 saturated heterocycles. The van der Waals surface area contributed by atoms with Gasteiger partial charge in [-0.05, 0) is 73.4 Å². The number of halogens is 1. The molecule has 0 unspecified atom stereocenters. The van der Waals surface area contributed by atoms with E-state index in [4.69, 9.17) is 16.3 Å². The maximum atomic E-state index is 13.0. The molecule has 2 N–H and O–H groups in total. The van der Waals surface area contributed by atoms with Crippen molar-refractivity contribution in [1.29, 1.82) is 0 Å². The summed E-state index contributed by atoms with van der Waals surface area (Å²) in [5.41, 5.74) is 5.41. The molecule has 0 aliphatic heterocycles. The van der Waals surface area contributed by atoms with Crippen LogP contribution in [0, 0.1) is 0 Å². The van der Waals surface area contributed by atoms with Crippen LogP contribution in [0.25, 0.3) is 22.5 Å². The van der Waals surface area contributed by atoms with Gasteiger partial charge in [0, 0.05) is 28.3 Å². The van der Waals surface area contributed by atoms with Crippen LogP contribution in [0.4, 0.5) is 0 Å². The van der Waals surface area contributed by atoms with E-state index in [1.807, 2.05) is 60.7 Å². The van der Waals surface area contributed by atoms with Crippen LogP contribution in [0.2, 0.25) is 5.02 Å². The lowest BCUT2D eigenvalue weighted by Gasteiger charge is -2.10. The lowest BCUT2D eigenvalue weighted by molar-refractivity contribution is 0.415. The van der Waals surface area contributed by atoms with E-state index in [2.05, 4.69) is 21.8 Å². The van der Waals surface area contributed by atoms with Gasteiger partial charge in [0.25, 0.3) is 0 Å². The van der Waals surface area contributed by atoms with Gasteiger partial charge in [-0.2, -0.15) is 5.10 Å². The monoisotopic (exact) mass is 537 g/mol. The summed E-state index contributed by atoms with van der Waals surface area (Å²) in [6.45, 7) is 2.39. The Morgan fingerprint density at radius 3 is 2.38 bits per heavy atom. The van der Waals surface area contributed by atoms with Gasteiger partial charge >= 0.3 is 0 Å². The molecule has 0 spiro atoms. The standard InChI is InChI=1S/C29H32ClN3O3S/c1-3-4-5-7-21-10-16-26(17-11-21)37(34,35)31-19-18-27-28(22-12-14-25(36-2)15-13-22)32-33-29(27)23-8-6-9-24(30)20-23/h6,8-17,20,31H,3-5,7,18-19H2,1-2H3,(H,32,33). The number of aryl methyl sites for hydroxylation is 1. The van der Waals surface area contributed by atoms with Gasteiger partial charge in [0.1, 0.15) is 5.75 Å². The van der Waals surface area contributed by atoms with Crippen LogP contribution in [0.15, 0.2) is 77.7 Å². The first kappa shape index (κ1) is 26.9. The Balaban J connectivity index is 1.54. The van der Waals surface area contributed by atoms with E-state index in [9.17, 15) is 8.42 Å². The first-order valence-electron chi connectivity index (χ1n) is 12.5. The zero-order chi connectivity index (χ0) is 26.3. The fourth-order valence-corrected chi connectivity index (χ4v) is 5.51. The van der Waals surface area contributed by atoms with Gasteiger partial charge in [0.2, 0.25) is 10.0 Å². The number of H-pyrrole nitrogens is 1. The van der Waals surface area contributed by atoms with Gasteiger partial charge in [-0.25, -0.2) is 13.1 Å². The molecule has 3 aromatic carbocycles. The molecule has 1 aromatic heterocycles. The third-order valence-electron chi connectivity index (χ3n) is 6.31. The number of ether oxygens (including phenoxy) is 1. The van der Waals surface area contributed by atoms with Crippen LogP contribution >= 0.6 is 11.6 Å². The average molecular weight is 538 g/mol. The van der Waals surface area contributed by atoms with Gasteiger partial charge in [-0.1, -0.05) is 55.6 Å². The molecule has 37 heavy (non-hydrogen) atoms. The maximum Gasteiger partial charge on any atom is 0.240 e. The molecule has 4 aromatic rings. The van der Waals surface area contributed by atoms with Gasteiger partial charge in [-0.15, -0.1) is 0 Å². The summed E-state index contributed by atoms with van der Waals surface area (Å²) in [6.07, 6.45) is 4.84. The largest absolute Gasteiger partial charge is 0.497 e. The topological polar surface area (TPSA) is 84.1 Å². The number of nitrogens with zero attached hydrogens (tertiary/aromatic N) is 1. The SMILES string of the molecule is CCCCCc1ccc(S(=O)(=O)NCCc2c(-c3cccc(Cl)c3)n[nH]c2-c2ccc(OC)cc2)cc1. The molecule has 0 fully saturated rings. The molecule has 1 heterocycles. The molecule has 0 radical (unpaired) electrons. The normalized spacial score (nSPS) is 11.5. The quantitative estimate of drug-likeness (QED) is 0.198.